The Morgan fingerprint density at radius 1 is 0.800 bits per heavy atom. The first kappa shape index (κ1) is 33.1. The number of likely N-dealkylation sites (N-methyl/N-ethyl adjacent to an activating group) is 1. The lowest BCUT2D eigenvalue weighted by molar-refractivity contribution is -0.140. The van der Waals surface area contributed by atoms with Crippen LogP contribution < -0.4 is 19.1 Å². The van der Waals surface area contributed by atoms with Crippen molar-refractivity contribution in [2.45, 2.75) is 37.8 Å². The summed E-state index contributed by atoms with van der Waals surface area (Å²) in [5.74, 6) is -0.115. The second-order valence-electron chi connectivity index (χ2n) is 10.5. The number of hydrogen-bond donors (Lipinski definition) is 1. The summed E-state index contributed by atoms with van der Waals surface area (Å²) in [5, 5.41) is 2.87. The number of benzene rings is 4. The predicted octanol–water partition coefficient (Wildman–Crippen LogP) is 4.98. The molecular formula is C35H39N3O6S. The van der Waals surface area contributed by atoms with Crippen molar-refractivity contribution in [3.8, 4) is 11.5 Å². The molecule has 9 nitrogen and oxygen atoms in total. The Balaban J connectivity index is 1.81. The Hall–Kier alpha value is -4.83. The van der Waals surface area contributed by atoms with Gasteiger partial charge < -0.3 is 19.7 Å². The molecule has 0 saturated carbocycles. The fraction of sp³-hybridized carbons (Fsp3) is 0.257. The molecule has 0 aliphatic carbocycles. The van der Waals surface area contributed by atoms with Crippen LogP contribution in [0.25, 0.3) is 0 Å². The van der Waals surface area contributed by atoms with E-state index < -0.39 is 28.5 Å². The van der Waals surface area contributed by atoms with E-state index in [1.807, 2.05) is 68.4 Å². The van der Waals surface area contributed by atoms with Gasteiger partial charge in [0.2, 0.25) is 11.8 Å². The number of rotatable bonds is 14. The van der Waals surface area contributed by atoms with Crippen LogP contribution in [0.1, 0.15) is 23.6 Å². The van der Waals surface area contributed by atoms with E-state index in [-0.39, 0.29) is 35.2 Å². The fourth-order valence-corrected chi connectivity index (χ4v) is 6.38. The number of nitrogens with zero attached hydrogens (tertiary/aromatic N) is 2. The molecule has 0 radical (unpaired) electrons. The third-order valence-electron chi connectivity index (χ3n) is 7.38. The van der Waals surface area contributed by atoms with Gasteiger partial charge in [0.15, 0.2) is 0 Å². The molecule has 0 aromatic heterocycles. The van der Waals surface area contributed by atoms with Gasteiger partial charge in [-0.1, -0.05) is 72.3 Å². The van der Waals surface area contributed by atoms with Crippen LogP contribution in [0.2, 0.25) is 0 Å². The standard InChI is InChI=1S/C35H39N3O6S/c1-5-36-35(40)32(23-27-11-7-6-8-12-27)37(24-28-17-15-26(2)16-18-28)34(39)25-38(31-13-9-10-14-33(31)44-4)45(41,42)30-21-19-29(43-3)20-22-30/h6-22,32H,5,23-25H2,1-4H3,(H,36,40)/t32-/m1/s1. The highest BCUT2D eigenvalue weighted by Crippen LogP contribution is 2.33. The summed E-state index contributed by atoms with van der Waals surface area (Å²) in [7, 11) is -1.35. The van der Waals surface area contributed by atoms with Crippen molar-refractivity contribution in [1.29, 1.82) is 0 Å². The second kappa shape index (κ2) is 15.3. The Morgan fingerprint density at radius 2 is 1.44 bits per heavy atom. The molecule has 4 aromatic rings. The van der Waals surface area contributed by atoms with Gasteiger partial charge in [-0.3, -0.25) is 13.9 Å². The fourth-order valence-electron chi connectivity index (χ4n) is 4.96. The smallest absolute Gasteiger partial charge is 0.264 e. The largest absolute Gasteiger partial charge is 0.497 e. The van der Waals surface area contributed by atoms with Gasteiger partial charge in [0.25, 0.3) is 10.0 Å². The second-order valence-corrected chi connectivity index (χ2v) is 12.3. The zero-order chi connectivity index (χ0) is 32.4. The zero-order valence-electron chi connectivity index (χ0n) is 26.0. The first-order chi connectivity index (χ1) is 21.7. The van der Waals surface area contributed by atoms with Crippen molar-refractivity contribution in [2.24, 2.45) is 0 Å². The average molecular weight is 630 g/mol. The summed E-state index contributed by atoms with van der Waals surface area (Å²) in [6, 6.07) is 28.8. The molecule has 0 unspecified atom stereocenters. The number of carbonyl (C=O) groups is 2. The quantitative estimate of drug-likeness (QED) is 0.211. The van der Waals surface area contributed by atoms with E-state index in [0.29, 0.717) is 12.3 Å². The van der Waals surface area contributed by atoms with Gasteiger partial charge in [0.05, 0.1) is 24.8 Å². The lowest BCUT2D eigenvalue weighted by Crippen LogP contribution is -2.53. The average Bonchev–Trinajstić information content (AvgIpc) is 3.06. The van der Waals surface area contributed by atoms with E-state index in [4.69, 9.17) is 9.47 Å². The summed E-state index contributed by atoms with van der Waals surface area (Å²) in [4.78, 5) is 29.5. The lowest BCUT2D eigenvalue weighted by atomic mass is 10.0. The maximum Gasteiger partial charge on any atom is 0.264 e. The molecule has 0 bridgehead atoms. The number of ether oxygens (including phenoxy) is 2. The summed E-state index contributed by atoms with van der Waals surface area (Å²) in [6.07, 6.45) is 0.240. The molecule has 236 valence electrons. The summed E-state index contributed by atoms with van der Waals surface area (Å²) in [6.45, 7) is 3.67. The topological polar surface area (TPSA) is 105 Å². The molecule has 0 spiro atoms. The van der Waals surface area contributed by atoms with Gasteiger partial charge in [0, 0.05) is 19.5 Å². The third-order valence-corrected chi connectivity index (χ3v) is 9.15. The molecule has 0 heterocycles. The Bertz CT molecular complexity index is 1680. The molecule has 0 fully saturated rings. The van der Waals surface area contributed by atoms with Crippen molar-refractivity contribution < 1.29 is 27.5 Å². The maximum atomic E-state index is 14.5. The number of hydrogen-bond acceptors (Lipinski definition) is 6. The molecule has 0 saturated heterocycles. The zero-order valence-corrected chi connectivity index (χ0v) is 26.8. The maximum absolute atomic E-state index is 14.5. The molecule has 4 rings (SSSR count). The minimum absolute atomic E-state index is 0.0309. The number of para-hydroxylation sites is 2. The summed E-state index contributed by atoms with van der Waals surface area (Å²) >= 11 is 0. The van der Waals surface area contributed by atoms with Gasteiger partial charge in [-0.15, -0.1) is 0 Å². The van der Waals surface area contributed by atoms with Gasteiger partial charge in [-0.25, -0.2) is 8.42 Å². The van der Waals surface area contributed by atoms with Gasteiger partial charge >= 0.3 is 0 Å². The number of methoxy groups -OCH3 is 2. The van der Waals surface area contributed by atoms with Gasteiger partial charge in [-0.2, -0.15) is 0 Å². The number of carbonyl (C=O) groups excluding carboxylic acids is 2. The molecule has 0 aliphatic rings. The molecular weight excluding hydrogens is 590 g/mol. The van der Waals surface area contributed by atoms with Crippen LogP contribution in [0.15, 0.2) is 108 Å². The Kier molecular flexibility index (Phi) is 11.2. The van der Waals surface area contributed by atoms with Crippen molar-refractivity contribution in [3.63, 3.8) is 0 Å². The van der Waals surface area contributed by atoms with Crippen molar-refractivity contribution in [3.05, 3.63) is 120 Å². The van der Waals surface area contributed by atoms with Crippen molar-refractivity contribution in [2.75, 3.05) is 31.6 Å². The molecule has 1 N–H and O–H groups in total. The summed E-state index contributed by atoms with van der Waals surface area (Å²) in [5.41, 5.74) is 2.91. The van der Waals surface area contributed by atoms with Crippen LogP contribution in [0.5, 0.6) is 11.5 Å². The Labute approximate surface area is 265 Å². The van der Waals surface area contributed by atoms with Crippen LogP contribution in [0.4, 0.5) is 5.69 Å². The van der Waals surface area contributed by atoms with Crippen LogP contribution >= 0.6 is 0 Å². The molecule has 45 heavy (non-hydrogen) atoms. The molecule has 1 atom stereocenters. The number of amides is 2. The van der Waals surface area contributed by atoms with Crippen molar-refractivity contribution in [1.82, 2.24) is 10.2 Å². The van der Waals surface area contributed by atoms with E-state index in [1.165, 1.54) is 31.3 Å². The van der Waals surface area contributed by atoms with E-state index >= 15 is 0 Å². The minimum Gasteiger partial charge on any atom is -0.497 e. The third kappa shape index (κ3) is 8.21. The first-order valence-corrected chi connectivity index (χ1v) is 16.1. The van der Waals surface area contributed by atoms with Crippen LogP contribution in [0, 0.1) is 6.92 Å². The number of nitrogens with one attached hydrogen (secondary N) is 1. The highest BCUT2D eigenvalue weighted by molar-refractivity contribution is 7.92. The van der Waals surface area contributed by atoms with E-state index in [9.17, 15) is 18.0 Å². The van der Waals surface area contributed by atoms with E-state index in [1.54, 1.807) is 36.4 Å². The normalized spacial score (nSPS) is 11.7. The first-order valence-electron chi connectivity index (χ1n) is 14.6. The molecule has 4 aromatic carbocycles. The van der Waals surface area contributed by atoms with E-state index in [0.717, 1.165) is 21.0 Å². The van der Waals surface area contributed by atoms with Crippen molar-refractivity contribution >= 4 is 27.5 Å². The SMILES string of the molecule is CCNC(=O)[C@@H](Cc1ccccc1)N(Cc1ccc(C)cc1)C(=O)CN(c1ccccc1OC)S(=O)(=O)c1ccc(OC)cc1. The molecule has 2 amide bonds. The van der Waals surface area contributed by atoms with Gasteiger partial charge in [0.1, 0.15) is 24.1 Å². The monoisotopic (exact) mass is 629 g/mol. The molecule has 10 heteroatoms. The highest BCUT2D eigenvalue weighted by atomic mass is 32.2. The number of sulfonamides is 1. The minimum atomic E-state index is -4.28. The van der Waals surface area contributed by atoms with Crippen LogP contribution in [-0.2, 0) is 32.6 Å². The highest BCUT2D eigenvalue weighted by Gasteiger charge is 2.35. The van der Waals surface area contributed by atoms with Crippen LogP contribution in [0.3, 0.4) is 0 Å². The van der Waals surface area contributed by atoms with E-state index in [2.05, 4.69) is 5.32 Å². The van der Waals surface area contributed by atoms with Gasteiger partial charge in [-0.05, 0) is 61.4 Å². The number of anilines is 1. The number of aryl methyl sites for hydroxylation is 1. The van der Waals surface area contributed by atoms with Crippen LogP contribution in [-0.4, -0.2) is 58.5 Å². The summed E-state index contributed by atoms with van der Waals surface area (Å²) < 4.78 is 40.2. The molecule has 0 aliphatic heterocycles. The Morgan fingerprint density at radius 3 is 2.07 bits per heavy atom. The predicted molar refractivity (Wildman–Crippen MR) is 175 cm³/mol. The lowest BCUT2D eigenvalue weighted by Gasteiger charge is -2.34.